The van der Waals surface area contributed by atoms with Gasteiger partial charge in [0.1, 0.15) is 5.58 Å². The van der Waals surface area contributed by atoms with Gasteiger partial charge in [-0.3, -0.25) is 0 Å². The van der Waals surface area contributed by atoms with E-state index < -0.39 is 0 Å². The minimum absolute atomic E-state index is 0.507. The summed E-state index contributed by atoms with van der Waals surface area (Å²) in [5, 5.41) is 17.4. The lowest BCUT2D eigenvalue weighted by molar-refractivity contribution is 0.541. The van der Waals surface area contributed by atoms with Gasteiger partial charge in [0.2, 0.25) is 0 Å². The van der Waals surface area contributed by atoms with E-state index in [1.54, 1.807) is 0 Å². The van der Waals surface area contributed by atoms with E-state index in [4.69, 9.17) is 4.42 Å². The van der Waals surface area contributed by atoms with Crippen molar-refractivity contribution in [2.75, 3.05) is 13.1 Å². The summed E-state index contributed by atoms with van der Waals surface area (Å²) >= 11 is 0. The second-order valence-electron chi connectivity index (χ2n) is 8.79. The maximum atomic E-state index is 9.22. The molecule has 32 heavy (non-hydrogen) atoms. The predicted octanol–water partition coefficient (Wildman–Crippen LogP) is 5.71. The smallest absolute Gasteiger partial charge is 0.134 e. The largest absolute Gasteiger partial charge is 0.464 e. The molecule has 2 N–H and O–H groups in total. The topological polar surface area (TPSA) is 61.0 Å². The standard InChI is InChI=1S/C28H27N3O/c1-18-9-19(2)11-22(10-18)26-13-28-27(12-25(26)21-5-3-20(14-29)4-6-21)23(17-32-28)15-31-24-7-8-30-16-24/h3-6,9-13,17,24,30-31H,7-8,15-16H2,1-2H3. The molecule has 1 unspecified atom stereocenters. The molecule has 0 bridgehead atoms. The van der Waals surface area contributed by atoms with Gasteiger partial charge in [0.05, 0.1) is 17.9 Å². The second-order valence-corrected chi connectivity index (χ2v) is 8.79. The molecule has 1 aliphatic rings. The molecule has 3 aromatic carbocycles. The van der Waals surface area contributed by atoms with Crippen LogP contribution in [-0.2, 0) is 6.54 Å². The molecule has 0 spiro atoms. The van der Waals surface area contributed by atoms with Gasteiger partial charge in [0, 0.05) is 30.1 Å². The number of aryl methyl sites for hydroxylation is 2. The third-order valence-corrected chi connectivity index (χ3v) is 6.29. The SMILES string of the molecule is Cc1cc(C)cc(-c2cc3occ(CNC4CCNC4)c3cc2-c2ccc(C#N)cc2)c1. The third kappa shape index (κ3) is 4.05. The first-order valence-electron chi connectivity index (χ1n) is 11.2. The monoisotopic (exact) mass is 421 g/mol. The Hall–Kier alpha value is -3.39. The fourth-order valence-corrected chi connectivity index (χ4v) is 4.68. The number of nitriles is 1. The zero-order valence-corrected chi connectivity index (χ0v) is 18.5. The van der Waals surface area contributed by atoms with Gasteiger partial charge in [-0.15, -0.1) is 0 Å². The molecule has 1 aliphatic heterocycles. The first-order valence-corrected chi connectivity index (χ1v) is 11.2. The van der Waals surface area contributed by atoms with Gasteiger partial charge in [-0.1, -0.05) is 41.5 Å². The Morgan fingerprint density at radius 1 is 1.00 bits per heavy atom. The zero-order chi connectivity index (χ0) is 22.1. The first-order chi connectivity index (χ1) is 15.6. The lowest BCUT2D eigenvalue weighted by atomic mass is 9.91. The molecule has 4 nitrogen and oxygen atoms in total. The van der Waals surface area contributed by atoms with Crippen molar-refractivity contribution in [2.24, 2.45) is 0 Å². The van der Waals surface area contributed by atoms with Crippen LogP contribution < -0.4 is 10.6 Å². The third-order valence-electron chi connectivity index (χ3n) is 6.29. The molecule has 0 aliphatic carbocycles. The van der Waals surface area contributed by atoms with Crippen molar-refractivity contribution in [3.8, 4) is 28.3 Å². The summed E-state index contributed by atoms with van der Waals surface area (Å²) in [5.74, 6) is 0. The molecule has 0 radical (unpaired) electrons. The first kappa shape index (κ1) is 20.5. The maximum absolute atomic E-state index is 9.22. The molecule has 1 fully saturated rings. The van der Waals surface area contributed by atoms with Gasteiger partial charge < -0.3 is 15.1 Å². The van der Waals surface area contributed by atoms with Gasteiger partial charge in [-0.05, 0) is 73.3 Å². The van der Waals surface area contributed by atoms with Crippen molar-refractivity contribution >= 4 is 11.0 Å². The van der Waals surface area contributed by atoms with Crippen LogP contribution in [0.1, 0.15) is 28.7 Å². The number of nitrogens with zero attached hydrogens (tertiary/aromatic N) is 1. The van der Waals surface area contributed by atoms with Crippen LogP contribution in [0, 0.1) is 25.2 Å². The zero-order valence-electron chi connectivity index (χ0n) is 18.5. The lowest BCUT2D eigenvalue weighted by Crippen LogP contribution is -2.30. The molecule has 160 valence electrons. The van der Waals surface area contributed by atoms with Crippen LogP contribution in [0.4, 0.5) is 0 Å². The van der Waals surface area contributed by atoms with E-state index in [-0.39, 0.29) is 0 Å². The van der Waals surface area contributed by atoms with E-state index in [0.717, 1.165) is 53.7 Å². The van der Waals surface area contributed by atoms with E-state index in [1.807, 2.05) is 30.5 Å². The Morgan fingerprint density at radius 3 is 2.44 bits per heavy atom. The number of rotatable bonds is 5. The van der Waals surface area contributed by atoms with Crippen molar-refractivity contribution in [1.29, 1.82) is 5.26 Å². The highest BCUT2D eigenvalue weighted by Crippen LogP contribution is 2.38. The van der Waals surface area contributed by atoms with E-state index in [9.17, 15) is 5.26 Å². The fraction of sp³-hybridized carbons (Fsp3) is 0.250. The molecule has 2 heterocycles. The molecule has 5 rings (SSSR count). The van der Waals surface area contributed by atoms with E-state index in [1.165, 1.54) is 22.3 Å². The van der Waals surface area contributed by atoms with Crippen molar-refractivity contribution < 1.29 is 4.42 Å². The Morgan fingerprint density at radius 2 is 1.75 bits per heavy atom. The number of nitrogens with one attached hydrogen (secondary N) is 2. The van der Waals surface area contributed by atoms with E-state index >= 15 is 0 Å². The van der Waals surface area contributed by atoms with Crippen LogP contribution in [0.5, 0.6) is 0 Å². The highest BCUT2D eigenvalue weighted by molar-refractivity contribution is 5.95. The Bertz CT molecular complexity index is 1290. The fourth-order valence-electron chi connectivity index (χ4n) is 4.68. The van der Waals surface area contributed by atoms with Crippen molar-refractivity contribution in [3.05, 3.63) is 83.1 Å². The number of hydrogen-bond donors (Lipinski definition) is 2. The van der Waals surface area contributed by atoms with Crippen LogP contribution in [0.25, 0.3) is 33.2 Å². The predicted molar refractivity (Wildman–Crippen MR) is 129 cm³/mol. The molecule has 0 amide bonds. The van der Waals surface area contributed by atoms with Crippen LogP contribution >= 0.6 is 0 Å². The van der Waals surface area contributed by atoms with Gasteiger partial charge in [-0.25, -0.2) is 0 Å². The van der Waals surface area contributed by atoms with Crippen LogP contribution in [0.2, 0.25) is 0 Å². The number of hydrogen-bond acceptors (Lipinski definition) is 4. The average Bonchev–Trinajstić information content (AvgIpc) is 3.46. The molecule has 1 saturated heterocycles. The van der Waals surface area contributed by atoms with E-state index in [2.05, 4.69) is 60.9 Å². The molecule has 4 heteroatoms. The number of fused-ring (bicyclic) bond motifs is 1. The minimum atomic E-state index is 0.507. The normalized spacial score (nSPS) is 15.8. The summed E-state index contributed by atoms with van der Waals surface area (Å²) in [6.45, 7) is 7.14. The summed E-state index contributed by atoms with van der Waals surface area (Å²) in [4.78, 5) is 0. The maximum Gasteiger partial charge on any atom is 0.134 e. The summed E-state index contributed by atoms with van der Waals surface area (Å²) < 4.78 is 6.02. The quantitative estimate of drug-likeness (QED) is 0.433. The minimum Gasteiger partial charge on any atom is -0.464 e. The number of benzene rings is 3. The highest BCUT2D eigenvalue weighted by atomic mass is 16.3. The molecule has 0 saturated carbocycles. The van der Waals surface area contributed by atoms with Gasteiger partial charge in [-0.2, -0.15) is 5.26 Å². The van der Waals surface area contributed by atoms with Crippen molar-refractivity contribution in [1.82, 2.24) is 10.6 Å². The summed E-state index contributed by atoms with van der Waals surface area (Å²) in [6.07, 6.45) is 3.04. The summed E-state index contributed by atoms with van der Waals surface area (Å²) in [6, 6.07) is 21.6. The second kappa shape index (κ2) is 8.63. The van der Waals surface area contributed by atoms with Crippen LogP contribution in [-0.4, -0.2) is 19.1 Å². The summed E-state index contributed by atoms with van der Waals surface area (Å²) in [5.41, 5.74) is 9.78. The molecule has 1 atom stereocenters. The Labute approximate surface area is 188 Å². The van der Waals surface area contributed by atoms with Crippen molar-refractivity contribution in [3.63, 3.8) is 0 Å². The lowest BCUT2D eigenvalue weighted by Gasteiger charge is -2.14. The highest BCUT2D eigenvalue weighted by Gasteiger charge is 2.17. The van der Waals surface area contributed by atoms with Crippen molar-refractivity contribution in [2.45, 2.75) is 32.9 Å². The number of furan rings is 1. The molecular weight excluding hydrogens is 394 g/mol. The summed E-state index contributed by atoms with van der Waals surface area (Å²) in [7, 11) is 0. The average molecular weight is 422 g/mol. The van der Waals surface area contributed by atoms with Crippen LogP contribution in [0.15, 0.2) is 65.3 Å². The Balaban J connectivity index is 1.63. The molecule has 4 aromatic rings. The van der Waals surface area contributed by atoms with Gasteiger partial charge in [0.25, 0.3) is 0 Å². The van der Waals surface area contributed by atoms with E-state index in [0.29, 0.717) is 11.6 Å². The molecular formula is C28H27N3O. The van der Waals surface area contributed by atoms with Gasteiger partial charge in [0.15, 0.2) is 0 Å². The van der Waals surface area contributed by atoms with Crippen LogP contribution in [0.3, 0.4) is 0 Å². The Kier molecular flexibility index (Phi) is 5.53. The molecule has 1 aromatic heterocycles. The van der Waals surface area contributed by atoms with Gasteiger partial charge >= 0.3 is 0 Å².